The van der Waals surface area contributed by atoms with Crippen LogP contribution in [0.1, 0.15) is 17.3 Å². The van der Waals surface area contributed by atoms with Crippen molar-refractivity contribution in [1.29, 1.82) is 0 Å². The van der Waals surface area contributed by atoms with E-state index in [0.717, 1.165) is 17.8 Å². The van der Waals surface area contributed by atoms with Gasteiger partial charge in [-0.2, -0.15) is 0 Å². The van der Waals surface area contributed by atoms with Crippen LogP contribution in [0, 0.1) is 0 Å². The summed E-state index contributed by atoms with van der Waals surface area (Å²) in [6.07, 6.45) is 5.56. The van der Waals surface area contributed by atoms with E-state index in [9.17, 15) is 4.79 Å². The summed E-state index contributed by atoms with van der Waals surface area (Å²) in [6, 6.07) is 12.6. The largest absolute Gasteiger partial charge is 0.348 e. The Morgan fingerprint density at radius 2 is 2.00 bits per heavy atom. The monoisotopic (exact) mass is 386 g/mol. The van der Waals surface area contributed by atoms with Crippen LogP contribution in [0.5, 0.6) is 0 Å². The quantitative estimate of drug-likeness (QED) is 0.685. The van der Waals surface area contributed by atoms with Crippen molar-refractivity contribution in [3.63, 3.8) is 0 Å². The summed E-state index contributed by atoms with van der Waals surface area (Å²) in [5.41, 5.74) is 2.64. The van der Waals surface area contributed by atoms with Gasteiger partial charge in [0.1, 0.15) is 6.04 Å². The van der Waals surface area contributed by atoms with E-state index >= 15 is 0 Å². The number of rotatable bonds is 2. The molecule has 2 amide bonds. The van der Waals surface area contributed by atoms with Gasteiger partial charge >= 0.3 is 6.03 Å². The number of anilines is 1. The van der Waals surface area contributed by atoms with Crippen molar-refractivity contribution in [2.24, 2.45) is 0 Å². The van der Waals surface area contributed by atoms with Crippen molar-refractivity contribution in [3.05, 3.63) is 82.4 Å². The lowest BCUT2D eigenvalue weighted by atomic mass is 10.0. The molecule has 1 aliphatic rings. The molecule has 26 heavy (non-hydrogen) atoms. The summed E-state index contributed by atoms with van der Waals surface area (Å²) < 4.78 is 2.17. The molecule has 0 saturated heterocycles. The van der Waals surface area contributed by atoms with Gasteiger partial charge in [-0.15, -0.1) is 0 Å². The van der Waals surface area contributed by atoms with Gasteiger partial charge in [0.05, 0.1) is 10.0 Å². The fraction of sp³-hybridized carbons (Fsp3) is 0.158. The molecule has 0 aliphatic carbocycles. The standard InChI is InChI=1S/C19H16Cl2N4O/c20-15-6-5-14(11-16(15)21)23-19(26)25-10-9-24-8-2-4-17(24)18(25)13-3-1-7-22-12-13/h1-8,11-12,18H,9-10H2,(H,23,26)/t18-/m0/s1. The SMILES string of the molecule is O=C(Nc1ccc(Cl)c(Cl)c1)N1CCn2cccc2[C@@H]1c1cccnc1. The van der Waals surface area contributed by atoms with Gasteiger partial charge in [-0.25, -0.2) is 4.79 Å². The van der Waals surface area contributed by atoms with Gasteiger partial charge in [0.25, 0.3) is 0 Å². The number of urea groups is 1. The minimum atomic E-state index is -0.199. The van der Waals surface area contributed by atoms with Crippen molar-refractivity contribution >= 4 is 34.9 Å². The van der Waals surface area contributed by atoms with E-state index in [1.807, 2.05) is 35.4 Å². The fourth-order valence-corrected chi connectivity index (χ4v) is 3.56. The van der Waals surface area contributed by atoms with E-state index in [-0.39, 0.29) is 12.1 Å². The smallest absolute Gasteiger partial charge is 0.322 e. The maximum absolute atomic E-state index is 13.0. The Labute approximate surface area is 161 Å². The topological polar surface area (TPSA) is 50.2 Å². The number of aromatic nitrogens is 2. The molecule has 132 valence electrons. The molecule has 0 radical (unpaired) electrons. The van der Waals surface area contributed by atoms with Crippen molar-refractivity contribution in [3.8, 4) is 0 Å². The predicted molar refractivity (Wildman–Crippen MR) is 103 cm³/mol. The number of pyridine rings is 1. The molecule has 1 N–H and O–H groups in total. The number of nitrogens with one attached hydrogen (secondary N) is 1. The maximum atomic E-state index is 13.0. The highest BCUT2D eigenvalue weighted by molar-refractivity contribution is 6.42. The molecule has 0 bridgehead atoms. The van der Waals surface area contributed by atoms with Gasteiger partial charge in [-0.1, -0.05) is 29.3 Å². The maximum Gasteiger partial charge on any atom is 0.322 e. The number of hydrogen-bond donors (Lipinski definition) is 1. The molecule has 3 aromatic rings. The van der Waals surface area contributed by atoms with E-state index < -0.39 is 0 Å². The first kappa shape index (κ1) is 16.9. The molecule has 0 unspecified atom stereocenters. The summed E-state index contributed by atoms with van der Waals surface area (Å²) in [5, 5.41) is 3.77. The second-order valence-electron chi connectivity index (χ2n) is 6.07. The van der Waals surface area contributed by atoms with Gasteiger partial charge in [0.15, 0.2) is 0 Å². The number of hydrogen-bond acceptors (Lipinski definition) is 2. The third-order valence-electron chi connectivity index (χ3n) is 4.47. The lowest BCUT2D eigenvalue weighted by Crippen LogP contribution is -2.44. The first-order valence-corrected chi connectivity index (χ1v) is 8.97. The Morgan fingerprint density at radius 3 is 2.77 bits per heavy atom. The first-order valence-electron chi connectivity index (χ1n) is 8.21. The zero-order valence-electron chi connectivity index (χ0n) is 13.8. The van der Waals surface area contributed by atoms with Crippen molar-refractivity contribution in [2.75, 3.05) is 11.9 Å². The highest BCUT2D eigenvalue weighted by atomic mass is 35.5. The van der Waals surface area contributed by atoms with Crippen LogP contribution in [-0.2, 0) is 6.54 Å². The molecule has 1 aliphatic heterocycles. The number of benzene rings is 1. The van der Waals surface area contributed by atoms with Crippen molar-refractivity contribution in [2.45, 2.75) is 12.6 Å². The van der Waals surface area contributed by atoms with Crippen LogP contribution in [-0.4, -0.2) is 27.0 Å². The van der Waals surface area contributed by atoms with Gasteiger partial charge in [-0.05, 0) is 42.0 Å². The van der Waals surface area contributed by atoms with Crippen molar-refractivity contribution < 1.29 is 4.79 Å². The Balaban J connectivity index is 1.65. The van der Waals surface area contributed by atoms with Crippen LogP contribution in [0.3, 0.4) is 0 Å². The molecule has 1 atom stereocenters. The van der Waals surface area contributed by atoms with Crippen LogP contribution < -0.4 is 5.32 Å². The number of fused-ring (bicyclic) bond motifs is 1. The molecule has 5 nitrogen and oxygen atoms in total. The molecule has 0 fully saturated rings. The molecule has 2 aromatic heterocycles. The third kappa shape index (κ3) is 3.16. The van der Waals surface area contributed by atoms with Gasteiger partial charge in [0, 0.05) is 43.1 Å². The Hall–Kier alpha value is -2.50. The predicted octanol–water partition coefficient (Wildman–Crippen LogP) is 4.83. The summed E-state index contributed by atoms with van der Waals surface area (Å²) in [4.78, 5) is 19.0. The van der Waals surface area contributed by atoms with Crippen LogP contribution in [0.25, 0.3) is 0 Å². The first-order chi connectivity index (χ1) is 12.6. The lowest BCUT2D eigenvalue weighted by Gasteiger charge is -2.37. The molecule has 4 rings (SSSR count). The van der Waals surface area contributed by atoms with E-state index in [0.29, 0.717) is 22.3 Å². The van der Waals surface area contributed by atoms with Crippen LogP contribution in [0.4, 0.5) is 10.5 Å². The van der Waals surface area contributed by atoms with Crippen LogP contribution >= 0.6 is 23.2 Å². The average molecular weight is 387 g/mol. The second kappa shape index (κ2) is 7.02. The summed E-state index contributed by atoms with van der Waals surface area (Å²) >= 11 is 12.0. The molecular weight excluding hydrogens is 371 g/mol. The highest BCUT2D eigenvalue weighted by Crippen LogP contribution is 2.33. The molecule has 0 saturated carbocycles. The number of halogens is 2. The third-order valence-corrected chi connectivity index (χ3v) is 5.21. The van der Waals surface area contributed by atoms with Gasteiger partial charge < -0.3 is 14.8 Å². The second-order valence-corrected chi connectivity index (χ2v) is 6.88. The summed E-state index contributed by atoms with van der Waals surface area (Å²) in [7, 11) is 0. The van der Waals surface area contributed by atoms with E-state index in [1.54, 1.807) is 30.6 Å². The summed E-state index contributed by atoms with van der Waals surface area (Å²) in [5.74, 6) is 0. The summed E-state index contributed by atoms with van der Waals surface area (Å²) in [6.45, 7) is 1.34. The zero-order valence-corrected chi connectivity index (χ0v) is 15.3. The normalized spacial score (nSPS) is 16.2. The van der Waals surface area contributed by atoms with E-state index in [4.69, 9.17) is 23.2 Å². The van der Waals surface area contributed by atoms with Crippen LogP contribution in [0.2, 0.25) is 10.0 Å². The average Bonchev–Trinajstić information content (AvgIpc) is 3.13. The molecule has 0 spiro atoms. The van der Waals surface area contributed by atoms with Gasteiger partial charge in [0.2, 0.25) is 0 Å². The lowest BCUT2D eigenvalue weighted by molar-refractivity contribution is 0.181. The number of carbonyl (C=O) groups is 1. The van der Waals surface area contributed by atoms with Gasteiger partial charge in [-0.3, -0.25) is 4.98 Å². The Kier molecular flexibility index (Phi) is 4.57. The van der Waals surface area contributed by atoms with E-state index in [2.05, 4.69) is 14.9 Å². The molecule has 7 heteroatoms. The number of amides is 2. The van der Waals surface area contributed by atoms with Crippen molar-refractivity contribution in [1.82, 2.24) is 14.5 Å². The number of nitrogens with zero attached hydrogens (tertiary/aromatic N) is 3. The van der Waals surface area contributed by atoms with E-state index in [1.165, 1.54) is 0 Å². The Bertz CT molecular complexity index is 942. The minimum Gasteiger partial charge on any atom is -0.348 e. The Morgan fingerprint density at radius 1 is 1.12 bits per heavy atom. The minimum absolute atomic E-state index is 0.190. The molecule has 1 aromatic carbocycles. The van der Waals surface area contributed by atoms with Crippen LogP contribution in [0.15, 0.2) is 61.1 Å². The highest BCUT2D eigenvalue weighted by Gasteiger charge is 2.32. The number of carbonyl (C=O) groups excluding carboxylic acids is 1. The fourth-order valence-electron chi connectivity index (χ4n) is 3.26. The molecule has 3 heterocycles. The molecular formula is C19H16Cl2N4O. The zero-order chi connectivity index (χ0) is 18.1.